The van der Waals surface area contributed by atoms with E-state index in [-0.39, 0.29) is 6.61 Å². The summed E-state index contributed by atoms with van der Waals surface area (Å²) in [6.07, 6.45) is -2.68. The van der Waals surface area contributed by atoms with E-state index < -0.39 is 29.6 Å². The van der Waals surface area contributed by atoms with Crippen molar-refractivity contribution in [2.24, 2.45) is 0 Å². The second-order valence-corrected chi connectivity index (χ2v) is 6.06. The molecule has 0 heterocycles. The Morgan fingerprint density at radius 1 is 0.950 bits per heavy atom. The van der Waals surface area contributed by atoms with E-state index >= 15 is 0 Å². The van der Waals surface area contributed by atoms with Crippen LogP contribution in [-0.2, 0) is 14.2 Å². The van der Waals surface area contributed by atoms with Gasteiger partial charge in [-0.15, -0.1) is 0 Å². The zero-order valence-corrected chi connectivity index (χ0v) is 13.2. The Kier molecular flexibility index (Phi) is 9.18. The third-order valence-electron chi connectivity index (χ3n) is 1.21. The van der Waals surface area contributed by atoms with E-state index in [0.717, 1.165) is 0 Å². The molecule has 0 aliphatic heterocycles. The summed E-state index contributed by atoms with van der Waals surface area (Å²) in [4.78, 5) is 22.0. The van der Waals surface area contributed by atoms with Gasteiger partial charge in [-0.25, -0.2) is 9.59 Å². The van der Waals surface area contributed by atoms with Crippen LogP contribution in [0.2, 0.25) is 0 Å². The summed E-state index contributed by atoms with van der Waals surface area (Å²) in [7, 11) is 0. The Labute approximate surface area is 119 Å². The maximum absolute atomic E-state index is 11.0. The van der Waals surface area contributed by atoms with E-state index in [1.54, 1.807) is 41.5 Å². The molecule has 1 unspecified atom stereocenters. The van der Waals surface area contributed by atoms with Gasteiger partial charge in [-0.05, 0) is 48.5 Å². The second kappa shape index (κ2) is 8.76. The maximum Gasteiger partial charge on any atom is 0.519 e. The van der Waals surface area contributed by atoms with Gasteiger partial charge in [0.1, 0.15) is 11.2 Å². The van der Waals surface area contributed by atoms with Crippen molar-refractivity contribution in [1.29, 1.82) is 0 Å². The SMILES string of the molecule is CC(C)(C)OC(=O)OC(=O)OC(C)(C)C.CC(O)CO. The van der Waals surface area contributed by atoms with Crippen LogP contribution < -0.4 is 0 Å². The van der Waals surface area contributed by atoms with Gasteiger partial charge in [0.05, 0.1) is 12.7 Å². The number of rotatable bonds is 1. The summed E-state index contributed by atoms with van der Waals surface area (Å²) in [5.41, 5.74) is -1.39. The van der Waals surface area contributed by atoms with Crippen molar-refractivity contribution in [1.82, 2.24) is 0 Å². The average Bonchev–Trinajstić information content (AvgIpc) is 2.11. The fourth-order valence-corrected chi connectivity index (χ4v) is 0.610. The van der Waals surface area contributed by atoms with Crippen LogP contribution in [0.4, 0.5) is 9.59 Å². The van der Waals surface area contributed by atoms with Gasteiger partial charge < -0.3 is 24.4 Å². The summed E-state index contributed by atoms with van der Waals surface area (Å²) < 4.78 is 13.8. The van der Waals surface area contributed by atoms with Crippen molar-refractivity contribution >= 4 is 12.3 Å². The second-order valence-electron chi connectivity index (χ2n) is 6.06. The Balaban J connectivity index is 0. The van der Waals surface area contributed by atoms with Crippen LogP contribution in [0.25, 0.3) is 0 Å². The van der Waals surface area contributed by atoms with Gasteiger partial charge >= 0.3 is 12.3 Å². The molecule has 0 fully saturated rings. The molecule has 0 amide bonds. The highest BCUT2D eigenvalue weighted by Gasteiger charge is 2.24. The van der Waals surface area contributed by atoms with Crippen LogP contribution in [0.1, 0.15) is 48.5 Å². The molecule has 7 nitrogen and oxygen atoms in total. The minimum Gasteiger partial charge on any atom is -0.428 e. The van der Waals surface area contributed by atoms with Gasteiger partial charge in [-0.2, -0.15) is 0 Å². The summed E-state index contributed by atoms with van der Waals surface area (Å²) >= 11 is 0. The van der Waals surface area contributed by atoms with E-state index in [1.807, 2.05) is 0 Å². The smallest absolute Gasteiger partial charge is 0.428 e. The molecule has 0 rings (SSSR count). The first-order chi connectivity index (χ1) is 8.76. The van der Waals surface area contributed by atoms with Gasteiger partial charge in [0.2, 0.25) is 0 Å². The van der Waals surface area contributed by atoms with Crippen molar-refractivity contribution < 1.29 is 34.0 Å². The van der Waals surface area contributed by atoms with E-state index in [2.05, 4.69) is 4.74 Å². The standard InChI is InChI=1S/C10H18O5.C3H8O2/c1-9(2,3)14-7(11)13-8(12)15-10(4,5)6;1-3(5)2-4/h1-6H3;3-5H,2H2,1H3. The highest BCUT2D eigenvalue weighted by atomic mass is 16.8. The topological polar surface area (TPSA) is 102 Å². The summed E-state index contributed by atoms with van der Waals surface area (Å²) in [5, 5.41) is 16.0. The molecule has 0 aromatic carbocycles. The molecule has 0 radical (unpaired) electrons. The van der Waals surface area contributed by atoms with Crippen molar-refractivity contribution in [3.05, 3.63) is 0 Å². The van der Waals surface area contributed by atoms with Crippen LogP contribution in [0, 0.1) is 0 Å². The fraction of sp³-hybridized carbons (Fsp3) is 0.846. The molecule has 0 aliphatic carbocycles. The number of hydrogen-bond acceptors (Lipinski definition) is 7. The molecular weight excluding hydrogens is 268 g/mol. The molecule has 0 spiro atoms. The number of ether oxygens (including phenoxy) is 3. The molecule has 0 bridgehead atoms. The zero-order chi connectivity index (χ0) is 16.6. The third-order valence-corrected chi connectivity index (χ3v) is 1.21. The van der Waals surface area contributed by atoms with Crippen LogP contribution in [0.15, 0.2) is 0 Å². The lowest BCUT2D eigenvalue weighted by molar-refractivity contribution is -0.0293. The number of aliphatic hydroxyl groups is 2. The van der Waals surface area contributed by atoms with E-state index in [4.69, 9.17) is 19.7 Å². The Morgan fingerprint density at radius 3 is 1.35 bits per heavy atom. The quantitative estimate of drug-likeness (QED) is 0.564. The largest absolute Gasteiger partial charge is 0.519 e. The van der Waals surface area contributed by atoms with Gasteiger partial charge in [-0.1, -0.05) is 0 Å². The van der Waals surface area contributed by atoms with Crippen molar-refractivity contribution in [2.75, 3.05) is 6.61 Å². The van der Waals surface area contributed by atoms with Crippen molar-refractivity contribution in [3.63, 3.8) is 0 Å². The molecule has 2 N–H and O–H groups in total. The molecule has 7 heteroatoms. The Bertz CT molecular complexity index is 271. The minimum atomic E-state index is -1.06. The van der Waals surface area contributed by atoms with Crippen molar-refractivity contribution in [3.8, 4) is 0 Å². The average molecular weight is 294 g/mol. The number of carbonyl (C=O) groups is 2. The van der Waals surface area contributed by atoms with Gasteiger partial charge in [0, 0.05) is 0 Å². The maximum atomic E-state index is 11.0. The minimum absolute atomic E-state index is 0.139. The summed E-state index contributed by atoms with van der Waals surface area (Å²) in [6.45, 7) is 11.4. The fourth-order valence-electron chi connectivity index (χ4n) is 0.610. The molecule has 120 valence electrons. The highest BCUT2D eigenvalue weighted by Crippen LogP contribution is 2.11. The highest BCUT2D eigenvalue weighted by molar-refractivity contribution is 5.77. The molecule has 1 atom stereocenters. The molecule has 0 aromatic rings. The van der Waals surface area contributed by atoms with Crippen molar-refractivity contribution in [2.45, 2.75) is 65.8 Å². The summed E-state index contributed by atoms with van der Waals surface area (Å²) in [5.74, 6) is 0. The van der Waals surface area contributed by atoms with Crippen LogP contribution in [0.3, 0.4) is 0 Å². The van der Waals surface area contributed by atoms with Crippen LogP contribution in [0.5, 0.6) is 0 Å². The monoisotopic (exact) mass is 294 g/mol. The molecular formula is C13H26O7. The lowest BCUT2D eigenvalue weighted by atomic mass is 10.2. The predicted molar refractivity (Wildman–Crippen MR) is 72.3 cm³/mol. The Hall–Kier alpha value is -1.34. The lowest BCUT2D eigenvalue weighted by Gasteiger charge is -2.20. The van der Waals surface area contributed by atoms with Gasteiger partial charge in [0.15, 0.2) is 0 Å². The normalized spacial score (nSPS) is 12.7. The predicted octanol–water partition coefficient (Wildman–Crippen LogP) is 2.23. The zero-order valence-electron chi connectivity index (χ0n) is 13.2. The number of hydrogen-bond donors (Lipinski definition) is 2. The third kappa shape index (κ3) is 19.0. The first-order valence-corrected chi connectivity index (χ1v) is 6.19. The van der Waals surface area contributed by atoms with Gasteiger partial charge in [-0.3, -0.25) is 0 Å². The van der Waals surface area contributed by atoms with E-state index in [9.17, 15) is 9.59 Å². The van der Waals surface area contributed by atoms with Crippen LogP contribution >= 0.6 is 0 Å². The molecule has 0 saturated carbocycles. The Morgan fingerprint density at radius 2 is 1.20 bits per heavy atom. The van der Waals surface area contributed by atoms with E-state index in [1.165, 1.54) is 6.92 Å². The molecule has 0 aromatic heterocycles. The van der Waals surface area contributed by atoms with Crippen LogP contribution in [-0.4, -0.2) is 46.4 Å². The summed E-state index contributed by atoms with van der Waals surface area (Å²) in [6, 6.07) is 0. The lowest BCUT2D eigenvalue weighted by Crippen LogP contribution is -2.29. The number of carbonyl (C=O) groups excluding carboxylic acids is 2. The molecule has 0 aliphatic rings. The van der Waals surface area contributed by atoms with Gasteiger partial charge in [0.25, 0.3) is 0 Å². The molecule has 20 heavy (non-hydrogen) atoms. The first kappa shape index (κ1) is 21.0. The van der Waals surface area contributed by atoms with E-state index in [0.29, 0.717) is 0 Å². The first-order valence-electron chi connectivity index (χ1n) is 6.19. The molecule has 0 saturated heterocycles. The number of aliphatic hydroxyl groups excluding tert-OH is 2.